The highest BCUT2D eigenvalue weighted by atomic mass is 32.1. The predicted octanol–water partition coefficient (Wildman–Crippen LogP) is 4.06. The third-order valence-corrected chi connectivity index (χ3v) is 6.00. The Morgan fingerprint density at radius 3 is 2.80 bits per heavy atom. The Bertz CT molecular complexity index is 1050. The molecule has 1 heterocycles. The SMILES string of the molecule is CCOC(=O)c1c(NC(=O)/C(C#N)=C/c2cccc(OC)c2O)sc2c1CCCC2. The van der Waals surface area contributed by atoms with Crippen molar-refractivity contribution in [2.45, 2.75) is 32.6 Å². The molecule has 0 saturated carbocycles. The lowest BCUT2D eigenvalue weighted by atomic mass is 9.95. The number of phenols is 1. The number of nitrogens with one attached hydrogen (secondary N) is 1. The van der Waals surface area contributed by atoms with Crippen LogP contribution in [0.25, 0.3) is 6.08 Å². The van der Waals surface area contributed by atoms with Crippen LogP contribution in [0.1, 0.15) is 46.1 Å². The first-order valence-electron chi connectivity index (χ1n) is 9.60. The van der Waals surface area contributed by atoms with Gasteiger partial charge in [-0.15, -0.1) is 11.3 Å². The molecule has 0 saturated heterocycles. The standard InChI is InChI=1S/C22H22N2O5S/c1-3-29-22(27)18-15-8-4-5-10-17(15)30-21(18)24-20(26)14(12-23)11-13-7-6-9-16(28-2)19(13)25/h6-7,9,11,25H,3-5,8,10H2,1-2H3,(H,24,26)/b14-11+. The zero-order chi connectivity index (χ0) is 21.7. The number of hydrogen-bond donors (Lipinski definition) is 2. The first-order valence-corrected chi connectivity index (χ1v) is 10.4. The van der Waals surface area contributed by atoms with E-state index >= 15 is 0 Å². The third-order valence-electron chi connectivity index (χ3n) is 4.79. The van der Waals surface area contributed by atoms with Crippen LogP contribution in [-0.2, 0) is 22.4 Å². The van der Waals surface area contributed by atoms with Gasteiger partial charge in [0.05, 0.1) is 19.3 Å². The number of benzene rings is 1. The first kappa shape index (κ1) is 21.4. The van der Waals surface area contributed by atoms with Crippen molar-refractivity contribution in [3.63, 3.8) is 0 Å². The minimum absolute atomic E-state index is 0.167. The summed E-state index contributed by atoms with van der Waals surface area (Å²) in [7, 11) is 1.41. The Kier molecular flexibility index (Phi) is 6.75. The van der Waals surface area contributed by atoms with E-state index in [-0.39, 0.29) is 29.2 Å². The number of anilines is 1. The third kappa shape index (κ3) is 4.31. The molecule has 156 valence electrons. The second-order valence-corrected chi connectivity index (χ2v) is 7.76. The average Bonchev–Trinajstić information content (AvgIpc) is 3.10. The average molecular weight is 426 g/mol. The van der Waals surface area contributed by atoms with Crippen LogP contribution in [0, 0.1) is 11.3 Å². The predicted molar refractivity (Wildman–Crippen MR) is 114 cm³/mol. The summed E-state index contributed by atoms with van der Waals surface area (Å²) in [5.74, 6) is -1.07. The minimum atomic E-state index is -0.663. The molecule has 8 heteroatoms. The Balaban J connectivity index is 1.94. The number of nitriles is 1. The number of thiophene rings is 1. The quantitative estimate of drug-likeness (QED) is 0.410. The molecule has 0 fully saturated rings. The van der Waals surface area contributed by atoms with Gasteiger partial charge in [-0.1, -0.05) is 12.1 Å². The number of carbonyl (C=O) groups is 2. The molecule has 30 heavy (non-hydrogen) atoms. The van der Waals surface area contributed by atoms with Gasteiger partial charge in [0.2, 0.25) is 0 Å². The number of phenolic OH excluding ortho intramolecular Hbond substituents is 1. The van der Waals surface area contributed by atoms with Gasteiger partial charge in [-0.25, -0.2) is 4.79 Å². The van der Waals surface area contributed by atoms with E-state index < -0.39 is 11.9 Å². The minimum Gasteiger partial charge on any atom is -0.504 e. The summed E-state index contributed by atoms with van der Waals surface area (Å²) in [5.41, 5.74) is 1.37. The molecule has 0 atom stereocenters. The van der Waals surface area contributed by atoms with Crippen molar-refractivity contribution >= 4 is 34.3 Å². The normalized spacial score (nSPS) is 13.2. The molecule has 7 nitrogen and oxygen atoms in total. The molecule has 3 rings (SSSR count). The maximum Gasteiger partial charge on any atom is 0.341 e. The number of amides is 1. The summed E-state index contributed by atoms with van der Waals surface area (Å²) >= 11 is 1.35. The highest BCUT2D eigenvalue weighted by Gasteiger charge is 2.27. The summed E-state index contributed by atoms with van der Waals surface area (Å²) in [6.07, 6.45) is 4.89. The molecule has 0 radical (unpaired) electrons. The Labute approximate surface area is 178 Å². The van der Waals surface area contributed by atoms with Crippen LogP contribution in [0.2, 0.25) is 0 Å². The molecule has 2 N–H and O–H groups in total. The summed E-state index contributed by atoms with van der Waals surface area (Å²) in [5, 5.41) is 22.8. The van der Waals surface area contributed by atoms with Gasteiger partial charge >= 0.3 is 5.97 Å². The van der Waals surface area contributed by atoms with Crippen LogP contribution >= 0.6 is 11.3 Å². The lowest BCUT2D eigenvalue weighted by Gasteiger charge is -2.12. The van der Waals surface area contributed by atoms with Gasteiger partial charge in [0.1, 0.15) is 16.6 Å². The number of hydrogen-bond acceptors (Lipinski definition) is 7. The summed E-state index contributed by atoms with van der Waals surface area (Å²) < 4.78 is 10.2. The van der Waals surface area contributed by atoms with Crippen LogP contribution in [0.4, 0.5) is 5.00 Å². The molecular formula is C22H22N2O5S. The van der Waals surface area contributed by atoms with Gasteiger partial charge in [-0.3, -0.25) is 4.79 Å². The number of nitrogens with zero attached hydrogens (tertiary/aromatic N) is 1. The fourth-order valence-electron chi connectivity index (χ4n) is 3.37. The van der Waals surface area contributed by atoms with E-state index in [4.69, 9.17) is 9.47 Å². The smallest absolute Gasteiger partial charge is 0.341 e. The number of rotatable bonds is 6. The number of aryl methyl sites for hydroxylation is 1. The van der Waals surface area contributed by atoms with Gasteiger partial charge < -0.3 is 19.9 Å². The number of esters is 1. The van der Waals surface area contributed by atoms with Gasteiger partial charge in [0, 0.05) is 10.4 Å². The maximum atomic E-state index is 12.8. The van der Waals surface area contributed by atoms with E-state index in [9.17, 15) is 20.0 Å². The lowest BCUT2D eigenvalue weighted by Crippen LogP contribution is -2.16. The Hall–Kier alpha value is -3.31. The number of fused-ring (bicyclic) bond motifs is 1. The lowest BCUT2D eigenvalue weighted by molar-refractivity contribution is -0.112. The molecule has 0 aliphatic heterocycles. The summed E-state index contributed by atoms with van der Waals surface area (Å²) in [6, 6.07) is 6.63. The molecule has 1 amide bonds. The molecule has 1 aromatic carbocycles. The van der Waals surface area contributed by atoms with E-state index in [0.29, 0.717) is 10.6 Å². The zero-order valence-corrected chi connectivity index (χ0v) is 17.6. The van der Waals surface area contributed by atoms with E-state index in [0.717, 1.165) is 36.1 Å². The summed E-state index contributed by atoms with van der Waals surface area (Å²) in [4.78, 5) is 26.4. The van der Waals surface area contributed by atoms with Crippen molar-refractivity contribution in [2.24, 2.45) is 0 Å². The fraction of sp³-hybridized carbons (Fsp3) is 0.318. The molecule has 0 spiro atoms. The van der Waals surface area contributed by atoms with Gasteiger partial charge in [-0.2, -0.15) is 5.26 Å². The van der Waals surface area contributed by atoms with Crippen molar-refractivity contribution in [3.05, 3.63) is 45.3 Å². The van der Waals surface area contributed by atoms with Crippen molar-refractivity contribution < 1.29 is 24.2 Å². The largest absolute Gasteiger partial charge is 0.504 e. The number of aromatic hydroxyl groups is 1. The van der Waals surface area contributed by atoms with E-state index in [1.807, 2.05) is 6.07 Å². The molecule has 2 aromatic rings. The van der Waals surface area contributed by atoms with Crippen LogP contribution in [0.5, 0.6) is 11.5 Å². The van der Waals surface area contributed by atoms with Crippen molar-refractivity contribution in [1.82, 2.24) is 0 Å². The number of carbonyl (C=O) groups excluding carboxylic acids is 2. The molecule has 0 bridgehead atoms. The Morgan fingerprint density at radius 1 is 1.33 bits per heavy atom. The molecule has 0 unspecified atom stereocenters. The second kappa shape index (κ2) is 9.46. The van der Waals surface area contributed by atoms with E-state index in [1.165, 1.54) is 24.5 Å². The zero-order valence-electron chi connectivity index (χ0n) is 16.8. The van der Waals surface area contributed by atoms with Crippen LogP contribution < -0.4 is 10.1 Å². The highest BCUT2D eigenvalue weighted by molar-refractivity contribution is 7.17. The molecule has 1 aliphatic rings. The van der Waals surface area contributed by atoms with Crippen LogP contribution in [0.15, 0.2) is 23.8 Å². The molecule has 1 aromatic heterocycles. The van der Waals surface area contributed by atoms with E-state index in [1.54, 1.807) is 25.1 Å². The van der Waals surface area contributed by atoms with Crippen LogP contribution in [0.3, 0.4) is 0 Å². The monoisotopic (exact) mass is 426 g/mol. The molecule has 1 aliphatic carbocycles. The number of methoxy groups -OCH3 is 1. The van der Waals surface area contributed by atoms with Crippen molar-refractivity contribution in [2.75, 3.05) is 19.0 Å². The first-order chi connectivity index (χ1) is 14.5. The second-order valence-electron chi connectivity index (χ2n) is 6.66. The van der Waals surface area contributed by atoms with Crippen LogP contribution in [-0.4, -0.2) is 30.7 Å². The van der Waals surface area contributed by atoms with Crippen molar-refractivity contribution in [1.29, 1.82) is 5.26 Å². The fourth-order valence-corrected chi connectivity index (χ4v) is 4.64. The van der Waals surface area contributed by atoms with Gasteiger partial charge in [0.15, 0.2) is 11.5 Å². The molecular weight excluding hydrogens is 404 g/mol. The number of para-hydroxylation sites is 1. The van der Waals surface area contributed by atoms with Gasteiger partial charge in [-0.05, 0) is 50.3 Å². The van der Waals surface area contributed by atoms with E-state index in [2.05, 4.69) is 5.32 Å². The topological polar surface area (TPSA) is 109 Å². The highest BCUT2D eigenvalue weighted by Crippen LogP contribution is 2.39. The maximum absolute atomic E-state index is 12.8. The van der Waals surface area contributed by atoms with Gasteiger partial charge in [0.25, 0.3) is 5.91 Å². The van der Waals surface area contributed by atoms with Crippen molar-refractivity contribution in [3.8, 4) is 17.6 Å². The Morgan fingerprint density at radius 2 is 2.10 bits per heavy atom. The summed E-state index contributed by atoms with van der Waals surface area (Å²) in [6.45, 7) is 1.96. The number of ether oxygens (including phenoxy) is 2.